The Labute approximate surface area is 217 Å². The summed E-state index contributed by atoms with van der Waals surface area (Å²) in [6.45, 7) is 1.64. The van der Waals surface area contributed by atoms with Crippen LogP contribution in [0.5, 0.6) is 5.75 Å². The molecule has 0 radical (unpaired) electrons. The summed E-state index contributed by atoms with van der Waals surface area (Å²) in [4.78, 5) is 51.9. The maximum atomic E-state index is 13.7. The van der Waals surface area contributed by atoms with Crippen LogP contribution in [0.4, 0.5) is 4.79 Å². The zero-order valence-corrected chi connectivity index (χ0v) is 21.0. The molecule has 2 aromatic carbocycles. The number of carbonyl (C=O) groups excluding carboxylic acids is 2. The Morgan fingerprint density at radius 1 is 1.27 bits per heavy atom. The van der Waals surface area contributed by atoms with Gasteiger partial charge in [0.05, 0.1) is 31.2 Å². The third-order valence-corrected chi connectivity index (χ3v) is 6.59. The van der Waals surface area contributed by atoms with Gasteiger partial charge >= 0.3 is 17.7 Å². The second kappa shape index (κ2) is 10.9. The smallest absolute Gasteiger partial charge is 0.343 e. The van der Waals surface area contributed by atoms with Crippen molar-refractivity contribution in [2.24, 2.45) is 5.92 Å². The number of hydrogen-bond acceptors (Lipinski definition) is 6. The van der Waals surface area contributed by atoms with E-state index < -0.39 is 35.6 Å². The van der Waals surface area contributed by atoms with E-state index in [1.54, 1.807) is 30.3 Å². The summed E-state index contributed by atoms with van der Waals surface area (Å²) in [5, 5.41) is 19.0. The van der Waals surface area contributed by atoms with Crippen LogP contribution in [0.3, 0.4) is 0 Å². The fourth-order valence-electron chi connectivity index (χ4n) is 4.43. The number of imide groups is 1. The van der Waals surface area contributed by atoms with Crippen LogP contribution in [0.1, 0.15) is 46.7 Å². The molecular weight excluding hydrogens is 502 g/mol. The first kappa shape index (κ1) is 26.0. The van der Waals surface area contributed by atoms with Crippen molar-refractivity contribution >= 4 is 29.5 Å². The molecule has 1 aliphatic rings. The average Bonchev–Trinajstić information content (AvgIpc) is 3.16. The highest BCUT2D eigenvalue weighted by Gasteiger charge is 2.36. The van der Waals surface area contributed by atoms with Crippen LogP contribution in [0.15, 0.2) is 47.3 Å². The number of carboxylic acids is 1. The summed E-state index contributed by atoms with van der Waals surface area (Å²) in [7, 11) is 1.50. The van der Waals surface area contributed by atoms with Crippen molar-refractivity contribution in [1.82, 2.24) is 25.0 Å². The Hall–Kier alpha value is -4.12. The van der Waals surface area contributed by atoms with E-state index in [-0.39, 0.29) is 30.9 Å². The van der Waals surface area contributed by atoms with Gasteiger partial charge in [-0.05, 0) is 54.3 Å². The van der Waals surface area contributed by atoms with E-state index in [0.29, 0.717) is 28.3 Å². The minimum absolute atomic E-state index is 0.0147. The van der Waals surface area contributed by atoms with Crippen molar-refractivity contribution in [2.45, 2.75) is 38.9 Å². The largest absolute Gasteiger partial charge is 0.496 e. The monoisotopic (exact) mass is 527 g/mol. The SMILES string of the molecule is CC[C@@H](NC(=O)N1Cc2n[nH]c(=O)n2C[C@H](Cc2cc(Cl)ccc2OC)C1=O)c1cccc(C(=O)O)c1. The lowest BCUT2D eigenvalue weighted by molar-refractivity contribution is -0.132. The summed E-state index contributed by atoms with van der Waals surface area (Å²) in [5.74, 6) is -1.58. The number of benzene rings is 2. The second-order valence-electron chi connectivity index (χ2n) is 8.68. The molecule has 1 aliphatic heterocycles. The highest BCUT2D eigenvalue weighted by Crippen LogP contribution is 2.28. The number of methoxy groups -OCH3 is 1. The van der Waals surface area contributed by atoms with Gasteiger partial charge in [-0.15, -0.1) is 0 Å². The fraction of sp³-hybridized carbons (Fsp3) is 0.320. The number of aromatic nitrogens is 3. The summed E-state index contributed by atoms with van der Waals surface area (Å²) in [6.07, 6.45) is 0.619. The van der Waals surface area contributed by atoms with E-state index >= 15 is 0 Å². The third-order valence-electron chi connectivity index (χ3n) is 6.35. The molecule has 11 nitrogen and oxygen atoms in total. The molecule has 0 bridgehead atoms. The topological polar surface area (TPSA) is 147 Å². The van der Waals surface area contributed by atoms with Crippen molar-refractivity contribution in [3.8, 4) is 5.75 Å². The molecule has 3 amide bonds. The molecule has 0 spiro atoms. The van der Waals surface area contributed by atoms with E-state index in [0.717, 1.165) is 4.90 Å². The number of carbonyl (C=O) groups is 3. The van der Waals surface area contributed by atoms with Crippen molar-refractivity contribution in [3.63, 3.8) is 0 Å². The zero-order valence-electron chi connectivity index (χ0n) is 20.2. The molecule has 0 aliphatic carbocycles. The van der Waals surface area contributed by atoms with E-state index in [9.17, 15) is 24.3 Å². The number of fused-ring (bicyclic) bond motifs is 1. The van der Waals surface area contributed by atoms with Crippen LogP contribution < -0.4 is 15.7 Å². The zero-order chi connectivity index (χ0) is 26.7. The predicted molar refractivity (Wildman–Crippen MR) is 134 cm³/mol. The Bertz CT molecular complexity index is 1400. The van der Waals surface area contributed by atoms with Crippen LogP contribution >= 0.6 is 11.6 Å². The van der Waals surface area contributed by atoms with Crippen molar-refractivity contribution in [1.29, 1.82) is 0 Å². The predicted octanol–water partition coefficient (Wildman–Crippen LogP) is 2.99. The number of halogens is 1. The number of carboxylic acid groups (broad SMARTS) is 1. The van der Waals surface area contributed by atoms with Gasteiger partial charge in [0.2, 0.25) is 5.91 Å². The molecule has 2 atom stereocenters. The van der Waals surface area contributed by atoms with Crippen LogP contribution in [-0.4, -0.2) is 49.8 Å². The van der Waals surface area contributed by atoms with Crippen molar-refractivity contribution < 1.29 is 24.2 Å². The number of amides is 3. The average molecular weight is 528 g/mol. The number of aromatic carboxylic acids is 1. The van der Waals surface area contributed by atoms with E-state index in [4.69, 9.17) is 16.3 Å². The Morgan fingerprint density at radius 2 is 2.05 bits per heavy atom. The molecule has 3 N–H and O–H groups in total. The lowest BCUT2D eigenvalue weighted by Gasteiger charge is -2.26. The molecule has 3 aromatic rings. The minimum Gasteiger partial charge on any atom is -0.496 e. The number of nitrogens with zero attached hydrogens (tertiary/aromatic N) is 3. The number of ether oxygens (including phenoxy) is 1. The van der Waals surface area contributed by atoms with Gasteiger partial charge in [0.1, 0.15) is 5.75 Å². The van der Waals surface area contributed by atoms with Crippen LogP contribution in [-0.2, 0) is 24.3 Å². The van der Waals surface area contributed by atoms with Crippen molar-refractivity contribution in [3.05, 3.63) is 80.5 Å². The summed E-state index contributed by atoms with van der Waals surface area (Å²) in [6, 6.07) is 10.1. The standard InChI is InChI=1S/C25H26ClN5O6/c1-3-19(14-5-4-6-15(9-14)23(33)34)27-24(35)31-13-21-28-29-25(36)30(21)12-17(22(31)32)10-16-11-18(26)7-8-20(16)37-2/h4-9,11,17,19H,3,10,12-13H2,1-2H3,(H,27,35)(H,29,36)(H,33,34)/t17-,19+/m0/s1. The first-order chi connectivity index (χ1) is 17.7. The van der Waals surface area contributed by atoms with Gasteiger partial charge in [-0.3, -0.25) is 14.3 Å². The van der Waals surface area contributed by atoms with Gasteiger partial charge in [0.15, 0.2) is 5.82 Å². The molecule has 37 heavy (non-hydrogen) atoms. The maximum absolute atomic E-state index is 13.7. The molecule has 0 saturated heterocycles. The number of urea groups is 1. The van der Waals surface area contributed by atoms with Gasteiger partial charge in [-0.2, -0.15) is 5.10 Å². The van der Waals surface area contributed by atoms with Gasteiger partial charge < -0.3 is 15.2 Å². The molecule has 2 heterocycles. The first-order valence-corrected chi connectivity index (χ1v) is 12.0. The van der Waals surface area contributed by atoms with Crippen LogP contribution in [0, 0.1) is 5.92 Å². The number of H-pyrrole nitrogens is 1. The molecule has 4 rings (SSSR count). The van der Waals surface area contributed by atoms with E-state index in [2.05, 4.69) is 15.5 Å². The Kier molecular flexibility index (Phi) is 7.63. The number of hydrogen-bond donors (Lipinski definition) is 3. The number of nitrogens with one attached hydrogen (secondary N) is 2. The first-order valence-electron chi connectivity index (χ1n) is 11.6. The number of aromatic amines is 1. The molecule has 12 heteroatoms. The maximum Gasteiger partial charge on any atom is 0.343 e. The van der Waals surface area contributed by atoms with Gasteiger partial charge in [0, 0.05) is 11.6 Å². The van der Waals surface area contributed by atoms with Gasteiger partial charge in [0.25, 0.3) is 0 Å². The van der Waals surface area contributed by atoms with Gasteiger partial charge in [-0.25, -0.2) is 19.5 Å². The molecule has 0 fully saturated rings. The second-order valence-corrected chi connectivity index (χ2v) is 9.11. The third kappa shape index (κ3) is 5.51. The Balaban J connectivity index is 1.64. The van der Waals surface area contributed by atoms with E-state index in [1.807, 2.05) is 6.92 Å². The highest BCUT2D eigenvalue weighted by atomic mass is 35.5. The fourth-order valence-corrected chi connectivity index (χ4v) is 4.62. The lowest BCUT2D eigenvalue weighted by atomic mass is 9.97. The van der Waals surface area contributed by atoms with Crippen molar-refractivity contribution in [2.75, 3.05) is 7.11 Å². The molecule has 0 unspecified atom stereocenters. The van der Waals surface area contributed by atoms with Crippen LogP contribution in [0.2, 0.25) is 5.02 Å². The normalized spacial score (nSPS) is 16.0. The summed E-state index contributed by atoms with van der Waals surface area (Å²) in [5.41, 5.74) is 0.859. The Morgan fingerprint density at radius 3 is 2.76 bits per heavy atom. The molecule has 0 saturated carbocycles. The molecule has 1 aromatic heterocycles. The molecular formula is C25H26ClN5O6. The quantitative estimate of drug-likeness (QED) is 0.428. The van der Waals surface area contributed by atoms with Crippen LogP contribution in [0.25, 0.3) is 0 Å². The van der Waals surface area contributed by atoms with Gasteiger partial charge in [-0.1, -0.05) is 30.7 Å². The summed E-state index contributed by atoms with van der Waals surface area (Å²) >= 11 is 6.17. The van der Waals surface area contributed by atoms with E-state index in [1.165, 1.54) is 23.8 Å². The molecule has 194 valence electrons. The number of rotatable bonds is 7. The minimum atomic E-state index is -1.08. The highest BCUT2D eigenvalue weighted by molar-refractivity contribution is 6.30. The summed E-state index contributed by atoms with van der Waals surface area (Å²) < 4.78 is 6.76. The lowest BCUT2D eigenvalue weighted by Crippen LogP contribution is -2.46.